The highest BCUT2D eigenvalue weighted by atomic mass is 79.9. The van der Waals surface area contributed by atoms with Gasteiger partial charge in [0.25, 0.3) is 5.56 Å². The third kappa shape index (κ3) is 3.32. The molecule has 4 nitrogen and oxygen atoms in total. The lowest BCUT2D eigenvalue weighted by Gasteiger charge is -2.60. The summed E-state index contributed by atoms with van der Waals surface area (Å²) in [6.45, 7) is 0. The van der Waals surface area contributed by atoms with Crippen LogP contribution in [0.4, 0.5) is 18.9 Å². The van der Waals surface area contributed by atoms with Gasteiger partial charge < -0.3 is 10.3 Å². The molecule has 5 rings (SSSR count). The van der Waals surface area contributed by atoms with Gasteiger partial charge in [0.15, 0.2) is 0 Å². The summed E-state index contributed by atoms with van der Waals surface area (Å²) in [5, 5.41) is 2.41. The number of carbonyl (C=O) groups excluding carboxylic acids is 1. The number of pyridine rings is 1. The fourth-order valence-electron chi connectivity index (χ4n) is 5.82. The Morgan fingerprint density at radius 2 is 1.92 bits per heavy atom. The lowest BCUT2D eigenvalue weighted by atomic mass is 9.48. The fraction of sp³-hybridized carbons (Fsp3) is 0.667. The van der Waals surface area contributed by atoms with Gasteiger partial charge in [0.05, 0.1) is 5.56 Å². The number of anilines is 1. The van der Waals surface area contributed by atoms with Gasteiger partial charge in [-0.15, -0.1) is 0 Å². The molecule has 0 aliphatic heterocycles. The van der Waals surface area contributed by atoms with Crippen molar-refractivity contribution in [3.63, 3.8) is 0 Å². The topological polar surface area (TPSA) is 62.0 Å². The Morgan fingerprint density at radius 3 is 2.50 bits per heavy atom. The van der Waals surface area contributed by atoms with Gasteiger partial charge in [0.1, 0.15) is 5.69 Å². The predicted molar refractivity (Wildman–Crippen MR) is 94.1 cm³/mol. The average Bonchev–Trinajstić information content (AvgIpc) is 2.45. The number of alkyl halides is 4. The summed E-state index contributed by atoms with van der Waals surface area (Å²) in [4.78, 5) is 26.4. The molecule has 1 amide bonds. The normalized spacial score (nSPS) is 35.5. The second kappa shape index (κ2) is 5.84. The predicted octanol–water partition coefficient (Wildman–Crippen LogP) is 4.46. The molecule has 4 aliphatic rings. The summed E-state index contributed by atoms with van der Waals surface area (Å²) in [5.74, 6) is 0.841. The Hall–Kier alpha value is -1.31. The Balaban J connectivity index is 1.51. The van der Waals surface area contributed by atoms with Crippen LogP contribution in [0.5, 0.6) is 0 Å². The van der Waals surface area contributed by atoms with E-state index in [0.29, 0.717) is 24.1 Å². The van der Waals surface area contributed by atoms with Gasteiger partial charge >= 0.3 is 6.18 Å². The van der Waals surface area contributed by atoms with Gasteiger partial charge in [0.2, 0.25) is 5.91 Å². The number of halogens is 4. The minimum absolute atomic E-state index is 0.102. The quantitative estimate of drug-likeness (QED) is 0.692. The molecule has 4 aliphatic carbocycles. The van der Waals surface area contributed by atoms with E-state index in [2.05, 4.69) is 21.2 Å². The SMILES string of the molecule is O=C(CC12C[C@H]3C[C@@H](CC(Br)(C3)C1)C2)Nc1cc(C(F)(F)F)c[nH]c1=O. The zero-order chi connectivity index (χ0) is 18.7. The van der Waals surface area contributed by atoms with Crippen molar-refractivity contribution in [1.29, 1.82) is 0 Å². The van der Waals surface area contributed by atoms with E-state index >= 15 is 0 Å². The number of aromatic amines is 1. The molecule has 4 saturated carbocycles. The van der Waals surface area contributed by atoms with Crippen LogP contribution < -0.4 is 10.9 Å². The summed E-state index contributed by atoms with van der Waals surface area (Å²) in [6, 6.07) is 0.697. The first kappa shape index (κ1) is 18.1. The molecule has 0 aromatic carbocycles. The van der Waals surface area contributed by atoms with Crippen LogP contribution in [-0.2, 0) is 11.0 Å². The molecule has 1 heterocycles. The van der Waals surface area contributed by atoms with Crippen molar-refractivity contribution in [1.82, 2.24) is 4.98 Å². The number of H-pyrrole nitrogens is 1. The minimum Gasteiger partial charge on any atom is -0.327 e. The third-order valence-electron chi connectivity index (χ3n) is 6.15. The van der Waals surface area contributed by atoms with Gasteiger partial charge in [-0.25, -0.2) is 0 Å². The fourth-order valence-corrected chi connectivity index (χ4v) is 7.33. The monoisotopic (exact) mass is 432 g/mol. The molecule has 0 unspecified atom stereocenters. The molecule has 0 radical (unpaired) electrons. The molecule has 1 aromatic heterocycles. The van der Waals surface area contributed by atoms with Crippen molar-refractivity contribution in [3.05, 3.63) is 28.2 Å². The Kier molecular flexibility index (Phi) is 4.06. The summed E-state index contributed by atoms with van der Waals surface area (Å²) >= 11 is 3.88. The molecule has 142 valence electrons. The Morgan fingerprint density at radius 1 is 1.27 bits per heavy atom. The van der Waals surface area contributed by atoms with E-state index in [1.54, 1.807) is 0 Å². The van der Waals surface area contributed by atoms with E-state index in [1.165, 1.54) is 6.42 Å². The zero-order valence-corrected chi connectivity index (χ0v) is 15.7. The van der Waals surface area contributed by atoms with Crippen molar-refractivity contribution in [2.75, 3.05) is 5.32 Å². The van der Waals surface area contributed by atoms with Gasteiger partial charge in [-0.1, -0.05) is 15.9 Å². The molecule has 1 aromatic rings. The highest BCUT2D eigenvalue weighted by Gasteiger charge is 2.57. The number of nitrogens with one attached hydrogen (secondary N) is 2. The summed E-state index contributed by atoms with van der Waals surface area (Å²) in [5.41, 5.74) is -2.16. The van der Waals surface area contributed by atoms with Crippen LogP contribution in [0.15, 0.2) is 17.1 Å². The van der Waals surface area contributed by atoms with E-state index in [1.807, 2.05) is 4.98 Å². The second-order valence-electron chi connectivity index (χ2n) is 8.47. The maximum absolute atomic E-state index is 12.8. The minimum atomic E-state index is -4.58. The Bertz CT molecular complexity index is 790. The van der Waals surface area contributed by atoms with Crippen LogP contribution in [0.25, 0.3) is 0 Å². The van der Waals surface area contributed by atoms with Crippen molar-refractivity contribution in [2.24, 2.45) is 17.3 Å². The highest BCUT2D eigenvalue weighted by molar-refractivity contribution is 9.10. The van der Waals surface area contributed by atoms with Crippen molar-refractivity contribution >= 4 is 27.5 Å². The molecule has 2 N–H and O–H groups in total. The summed E-state index contributed by atoms with van der Waals surface area (Å²) < 4.78 is 38.6. The second-order valence-corrected chi connectivity index (χ2v) is 10.1. The summed E-state index contributed by atoms with van der Waals surface area (Å²) in [6.07, 6.45) is 2.68. The molecule has 0 saturated heterocycles. The standard InChI is InChI=1S/C18H20BrF3N2O2/c19-17-5-10-1-11(6-17)4-16(3-10,9-17)7-14(25)24-13-2-12(18(20,21)22)8-23-15(13)26/h2,8,10-11H,1,3-7,9H2,(H,23,26)(H,24,25)/t10-,11-,16?,17?/m1/s1. The van der Waals surface area contributed by atoms with Crippen LogP contribution in [0.3, 0.4) is 0 Å². The number of rotatable bonds is 3. The van der Waals surface area contributed by atoms with Crippen LogP contribution in [-0.4, -0.2) is 15.2 Å². The van der Waals surface area contributed by atoms with E-state index < -0.39 is 17.3 Å². The van der Waals surface area contributed by atoms with E-state index in [9.17, 15) is 22.8 Å². The number of carbonyl (C=O) groups is 1. The van der Waals surface area contributed by atoms with Crippen LogP contribution in [0.2, 0.25) is 0 Å². The van der Waals surface area contributed by atoms with Crippen molar-refractivity contribution in [2.45, 2.75) is 55.4 Å². The summed E-state index contributed by atoms with van der Waals surface area (Å²) in [7, 11) is 0. The highest BCUT2D eigenvalue weighted by Crippen LogP contribution is 2.65. The first-order valence-electron chi connectivity index (χ1n) is 8.85. The average molecular weight is 433 g/mol. The third-order valence-corrected chi connectivity index (χ3v) is 7.08. The number of aromatic nitrogens is 1. The lowest BCUT2D eigenvalue weighted by Crippen LogP contribution is -2.53. The van der Waals surface area contributed by atoms with Crippen LogP contribution in [0, 0.1) is 17.3 Å². The van der Waals surface area contributed by atoms with Gasteiger partial charge in [0, 0.05) is 16.9 Å². The Labute approximate surface area is 157 Å². The maximum atomic E-state index is 12.8. The molecule has 4 fully saturated rings. The molecule has 2 atom stereocenters. The maximum Gasteiger partial charge on any atom is 0.417 e. The molecular formula is C18H20BrF3N2O2. The molecular weight excluding hydrogens is 413 g/mol. The van der Waals surface area contributed by atoms with Crippen LogP contribution >= 0.6 is 15.9 Å². The van der Waals surface area contributed by atoms with Crippen LogP contribution in [0.1, 0.15) is 50.5 Å². The van der Waals surface area contributed by atoms with Crippen molar-refractivity contribution in [3.8, 4) is 0 Å². The lowest BCUT2D eigenvalue weighted by molar-refractivity contribution is -0.137. The first-order chi connectivity index (χ1) is 12.1. The smallest absolute Gasteiger partial charge is 0.327 e. The van der Waals surface area contributed by atoms with E-state index in [0.717, 1.165) is 32.1 Å². The zero-order valence-electron chi connectivity index (χ0n) is 14.1. The number of hydrogen-bond acceptors (Lipinski definition) is 2. The number of amides is 1. The van der Waals surface area contributed by atoms with Crippen molar-refractivity contribution < 1.29 is 18.0 Å². The van der Waals surface area contributed by atoms with Gasteiger partial charge in [-0.05, 0) is 61.8 Å². The van der Waals surface area contributed by atoms with E-state index in [-0.39, 0.29) is 27.8 Å². The molecule has 26 heavy (non-hydrogen) atoms. The first-order valence-corrected chi connectivity index (χ1v) is 9.64. The molecule has 4 bridgehead atoms. The molecule has 0 spiro atoms. The molecule has 8 heteroatoms. The van der Waals surface area contributed by atoms with E-state index in [4.69, 9.17) is 0 Å². The largest absolute Gasteiger partial charge is 0.417 e. The van der Waals surface area contributed by atoms with Gasteiger partial charge in [-0.2, -0.15) is 13.2 Å². The van der Waals surface area contributed by atoms with Gasteiger partial charge in [-0.3, -0.25) is 9.59 Å². The number of hydrogen-bond donors (Lipinski definition) is 2.